The van der Waals surface area contributed by atoms with E-state index in [4.69, 9.17) is 4.52 Å². The standard InChI is InChI=1S/C11H14F3N3O3S/c12-11(13,14)8-6-7(8)10-15-9(20-16-10)2-4-17-3-1-5-21(17,18)19/h7-8H,1-6H2/t7-,8-/m1/s1. The van der Waals surface area contributed by atoms with Crippen molar-refractivity contribution in [2.75, 3.05) is 18.8 Å². The van der Waals surface area contributed by atoms with Crippen molar-refractivity contribution in [3.8, 4) is 0 Å². The van der Waals surface area contributed by atoms with Gasteiger partial charge in [0, 0.05) is 25.4 Å². The molecule has 118 valence electrons. The SMILES string of the molecule is O=S1(=O)CCCN1CCc1nc([C@@H]2C[C@H]2C(F)(F)F)no1. The lowest BCUT2D eigenvalue weighted by Crippen LogP contribution is -2.28. The Morgan fingerprint density at radius 1 is 1.38 bits per heavy atom. The molecule has 0 radical (unpaired) electrons. The van der Waals surface area contributed by atoms with E-state index in [-0.39, 0.29) is 36.9 Å². The average molecular weight is 325 g/mol. The normalized spacial score (nSPS) is 28.9. The van der Waals surface area contributed by atoms with Crippen LogP contribution in [0.2, 0.25) is 0 Å². The maximum atomic E-state index is 12.5. The molecule has 1 aromatic rings. The van der Waals surface area contributed by atoms with Crippen molar-refractivity contribution in [2.45, 2.75) is 31.4 Å². The fourth-order valence-corrected chi connectivity index (χ4v) is 4.05. The highest BCUT2D eigenvalue weighted by atomic mass is 32.2. The second kappa shape index (κ2) is 4.94. The second-order valence-corrected chi connectivity index (χ2v) is 7.44. The number of alkyl halides is 3. The van der Waals surface area contributed by atoms with Crippen LogP contribution in [0.3, 0.4) is 0 Å². The molecule has 2 atom stereocenters. The molecule has 2 heterocycles. The largest absolute Gasteiger partial charge is 0.392 e. The van der Waals surface area contributed by atoms with Crippen molar-refractivity contribution in [1.29, 1.82) is 0 Å². The van der Waals surface area contributed by atoms with Crippen LogP contribution in [0.15, 0.2) is 4.52 Å². The molecular weight excluding hydrogens is 311 g/mol. The summed E-state index contributed by atoms with van der Waals surface area (Å²) >= 11 is 0. The molecule has 0 aromatic carbocycles. The summed E-state index contributed by atoms with van der Waals surface area (Å²) in [6, 6.07) is 0. The molecule has 0 amide bonds. The van der Waals surface area contributed by atoms with Crippen LogP contribution in [0.1, 0.15) is 30.5 Å². The van der Waals surface area contributed by atoms with Gasteiger partial charge in [-0.15, -0.1) is 0 Å². The lowest BCUT2D eigenvalue weighted by molar-refractivity contribution is -0.148. The van der Waals surface area contributed by atoms with Crippen LogP contribution >= 0.6 is 0 Å². The van der Waals surface area contributed by atoms with Gasteiger partial charge in [-0.3, -0.25) is 0 Å². The van der Waals surface area contributed by atoms with Gasteiger partial charge < -0.3 is 4.52 Å². The van der Waals surface area contributed by atoms with E-state index in [9.17, 15) is 21.6 Å². The van der Waals surface area contributed by atoms with Crippen molar-refractivity contribution < 1.29 is 26.1 Å². The van der Waals surface area contributed by atoms with Crippen molar-refractivity contribution in [1.82, 2.24) is 14.4 Å². The minimum absolute atomic E-state index is 0.0109. The fraction of sp³-hybridized carbons (Fsp3) is 0.818. The third kappa shape index (κ3) is 3.05. The molecule has 21 heavy (non-hydrogen) atoms. The summed E-state index contributed by atoms with van der Waals surface area (Å²) in [6.07, 6.45) is -3.43. The van der Waals surface area contributed by atoms with Crippen LogP contribution in [-0.4, -0.2) is 47.9 Å². The monoisotopic (exact) mass is 325 g/mol. The number of hydrogen-bond donors (Lipinski definition) is 0. The maximum absolute atomic E-state index is 12.5. The Morgan fingerprint density at radius 3 is 2.71 bits per heavy atom. The molecular formula is C11H14F3N3O3S. The van der Waals surface area contributed by atoms with Gasteiger partial charge in [0.05, 0.1) is 11.7 Å². The Morgan fingerprint density at radius 2 is 2.14 bits per heavy atom. The van der Waals surface area contributed by atoms with E-state index in [1.54, 1.807) is 0 Å². The molecule has 1 aromatic heterocycles. The molecule has 0 bridgehead atoms. The first-order valence-corrected chi connectivity index (χ1v) is 8.25. The molecule has 0 N–H and O–H groups in total. The van der Waals surface area contributed by atoms with Crippen molar-refractivity contribution >= 4 is 10.0 Å². The molecule has 1 saturated carbocycles. The van der Waals surface area contributed by atoms with E-state index in [2.05, 4.69) is 10.1 Å². The van der Waals surface area contributed by atoms with E-state index in [1.807, 2.05) is 0 Å². The second-order valence-electron chi connectivity index (χ2n) is 5.36. The number of rotatable bonds is 4. The van der Waals surface area contributed by atoms with Gasteiger partial charge in [0.1, 0.15) is 0 Å². The topological polar surface area (TPSA) is 76.3 Å². The van der Waals surface area contributed by atoms with Crippen LogP contribution in [0.4, 0.5) is 13.2 Å². The molecule has 6 nitrogen and oxygen atoms in total. The highest BCUT2D eigenvalue weighted by Gasteiger charge is 2.58. The minimum atomic E-state index is -4.23. The smallest absolute Gasteiger partial charge is 0.339 e. The van der Waals surface area contributed by atoms with Gasteiger partial charge in [-0.05, 0) is 12.8 Å². The molecule has 1 aliphatic carbocycles. The Labute approximate surface area is 119 Å². The summed E-state index contributed by atoms with van der Waals surface area (Å²) in [5.74, 6) is -1.73. The van der Waals surface area contributed by atoms with E-state index >= 15 is 0 Å². The Kier molecular flexibility index (Phi) is 3.47. The lowest BCUT2D eigenvalue weighted by Gasteiger charge is -2.11. The number of hydrogen-bond acceptors (Lipinski definition) is 5. The van der Waals surface area contributed by atoms with Gasteiger partial charge in [-0.25, -0.2) is 12.7 Å². The predicted octanol–water partition coefficient (Wildman–Crippen LogP) is 1.31. The summed E-state index contributed by atoms with van der Waals surface area (Å²) in [5, 5.41) is 3.57. The van der Waals surface area contributed by atoms with Crippen LogP contribution in [0.25, 0.3) is 0 Å². The molecule has 10 heteroatoms. The Hall–Kier alpha value is -1.16. The molecule has 3 rings (SSSR count). The van der Waals surface area contributed by atoms with E-state index in [0.29, 0.717) is 13.0 Å². The third-order valence-electron chi connectivity index (χ3n) is 3.80. The van der Waals surface area contributed by atoms with Crippen molar-refractivity contribution in [3.05, 3.63) is 11.7 Å². The Bertz CT molecular complexity index is 628. The zero-order valence-electron chi connectivity index (χ0n) is 11.0. The Balaban J connectivity index is 1.57. The van der Waals surface area contributed by atoms with Crippen LogP contribution in [0.5, 0.6) is 0 Å². The van der Waals surface area contributed by atoms with Crippen molar-refractivity contribution in [2.24, 2.45) is 5.92 Å². The first-order chi connectivity index (χ1) is 9.77. The highest BCUT2D eigenvalue weighted by Crippen LogP contribution is 2.55. The van der Waals surface area contributed by atoms with Gasteiger partial charge >= 0.3 is 6.18 Å². The molecule has 1 aliphatic heterocycles. The first kappa shape index (κ1) is 14.8. The van der Waals surface area contributed by atoms with Crippen molar-refractivity contribution in [3.63, 3.8) is 0 Å². The quantitative estimate of drug-likeness (QED) is 0.834. The zero-order chi connectivity index (χ0) is 15.3. The molecule has 2 aliphatic rings. The van der Waals surface area contributed by atoms with Crippen LogP contribution in [-0.2, 0) is 16.4 Å². The third-order valence-corrected chi connectivity index (χ3v) is 5.76. The van der Waals surface area contributed by atoms with Gasteiger partial charge in [-0.2, -0.15) is 18.2 Å². The number of aromatic nitrogens is 2. The van der Waals surface area contributed by atoms with Gasteiger partial charge in [0.25, 0.3) is 0 Å². The van der Waals surface area contributed by atoms with E-state index in [1.165, 1.54) is 4.31 Å². The molecule has 0 unspecified atom stereocenters. The zero-order valence-corrected chi connectivity index (χ0v) is 11.8. The summed E-state index contributed by atoms with van der Waals surface area (Å²) in [7, 11) is -3.19. The summed E-state index contributed by atoms with van der Waals surface area (Å²) < 4.78 is 66.8. The van der Waals surface area contributed by atoms with E-state index < -0.39 is 28.0 Å². The average Bonchev–Trinajstić information content (AvgIpc) is 2.94. The minimum Gasteiger partial charge on any atom is -0.339 e. The molecule has 0 spiro atoms. The summed E-state index contributed by atoms with van der Waals surface area (Å²) in [6.45, 7) is 0.680. The predicted molar refractivity (Wildman–Crippen MR) is 64.9 cm³/mol. The summed E-state index contributed by atoms with van der Waals surface area (Å²) in [5.41, 5.74) is 0. The van der Waals surface area contributed by atoms with Gasteiger partial charge in [0.2, 0.25) is 15.9 Å². The van der Waals surface area contributed by atoms with Crippen LogP contribution < -0.4 is 0 Å². The van der Waals surface area contributed by atoms with Crippen LogP contribution in [0, 0.1) is 5.92 Å². The number of sulfonamides is 1. The fourth-order valence-electron chi connectivity index (χ4n) is 2.53. The van der Waals surface area contributed by atoms with Gasteiger partial charge in [-0.1, -0.05) is 5.16 Å². The first-order valence-electron chi connectivity index (χ1n) is 6.64. The summed E-state index contributed by atoms with van der Waals surface area (Å²) in [4.78, 5) is 3.95. The maximum Gasteiger partial charge on any atom is 0.392 e. The number of nitrogens with zero attached hydrogens (tertiary/aromatic N) is 3. The highest BCUT2D eigenvalue weighted by molar-refractivity contribution is 7.89. The molecule has 2 fully saturated rings. The van der Waals surface area contributed by atoms with E-state index in [0.717, 1.165) is 0 Å². The number of halogens is 3. The van der Waals surface area contributed by atoms with Gasteiger partial charge in [0.15, 0.2) is 5.82 Å². The molecule has 1 saturated heterocycles. The lowest BCUT2D eigenvalue weighted by atomic mass is 10.3.